The molecule has 1 aliphatic rings. The van der Waals surface area contributed by atoms with Crippen molar-refractivity contribution in [3.63, 3.8) is 0 Å². The third kappa shape index (κ3) is 5.55. The zero-order chi connectivity index (χ0) is 21.5. The second kappa shape index (κ2) is 10.3. The van der Waals surface area contributed by atoms with Crippen LogP contribution in [-0.2, 0) is 26.1 Å². The van der Waals surface area contributed by atoms with Crippen LogP contribution in [0.2, 0.25) is 5.02 Å². The Morgan fingerprint density at radius 2 is 2.00 bits per heavy atom. The molecule has 3 aromatic rings. The van der Waals surface area contributed by atoms with Crippen LogP contribution in [-0.4, -0.2) is 33.3 Å². The Hall–Kier alpha value is -3.06. The van der Waals surface area contributed by atoms with Crippen molar-refractivity contribution in [1.82, 2.24) is 25.4 Å². The van der Waals surface area contributed by atoms with Crippen LogP contribution in [0.1, 0.15) is 30.3 Å². The summed E-state index contributed by atoms with van der Waals surface area (Å²) in [6.45, 7) is 4.65. The third-order valence-electron chi connectivity index (χ3n) is 5.24. The molecule has 7 nitrogen and oxygen atoms in total. The van der Waals surface area contributed by atoms with Gasteiger partial charge in [-0.3, -0.25) is 0 Å². The van der Waals surface area contributed by atoms with Crippen LogP contribution >= 0.6 is 11.6 Å². The van der Waals surface area contributed by atoms with Crippen molar-refractivity contribution in [3.05, 3.63) is 76.8 Å². The Kier molecular flexibility index (Phi) is 7.04. The lowest BCUT2D eigenvalue weighted by Gasteiger charge is -2.25. The number of rotatable bonds is 7. The van der Waals surface area contributed by atoms with Crippen molar-refractivity contribution in [2.24, 2.45) is 4.99 Å². The van der Waals surface area contributed by atoms with E-state index in [4.69, 9.17) is 21.3 Å². The first-order valence-electron chi connectivity index (χ1n) is 10.6. The van der Waals surface area contributed by atoms with Crippen LogP contribution in [0.3, 0.4) is 0 Å². The summed E-state index contributed by atoms with van der Waals surface area (Å²) in [6.07, 6.45) is 3.54. The molecule has 4 rings (SSSR count). The van der Waals surface area contributed by atoms with Crippen molar-refractivity contribution >= 4 is 17.6 Å². The average molecular weight is 439 g/mol. The molecule has 1 unspecified atom stereocenters. The van der Waals surface area contributed by atoms with E-state index in [1.807, 2.05) is 41.1 Å². The van der Waals surface area contributed by atoms with E-state index in [9.17, 15) is 0 Å². The summed E-state index contributed by atoms with van der Waals surface area (Å²) in [4.78, 5) is 9.12. The topological polar surface area (TPSA) is 76.4 Å². The van der Waals surface area contributed by atoms with E-state index in [-0.39, 0.29) is 6.04 Å². The van der Waals surface area contributed by atoms with Crippen LogP contribution in [0, 0.1) is 0 Å². The molecule has 8 heteroatoms. The molecule has 0 bridgehead atoms. The van der Waals surface area contributed by atoms with Gasteiger partial charge in [-0.2, -0.15) is 5.10 Å². The molecule has 0 fully saturated rings. The number of nitrogens with one attached hydrogen (secondary N) is 2. The highest BCUT2D eigenvalue weighted by Crippen LogP contribution is 2.24. The molecule has 0 spiro atoms. The van der Waals surface area contributed by atoms with Crippen LogP contribution < -0.4 is 15.4 Å². The molecule has 0 aliphatic carbocycles. The maximum atomic E-state index is 6.21. The van der Waals surface area contributed by atoms with Crippen molar-refractivity contribution in [1.29, 1.82) is 0 Å². The van der Waals surface area contributed by atoms with Gasteiger partial charge in [-0.1, -0.05) is 48.0 Å². The summed E-state index contributed by atoms with van der Waals surface area (Å²) in [7, 11) is 0. The summed E-state index contributed by atoms with van der Waals surface area (Å²) >= 11 is 6.21. The molecule has 0 radical (unpaired) electrons. The fourth-order valence-electron chi connectivity index (χ4n) is 3.60. The molecule has 2 heterocycles. The molecule has 1 aromatic heterocycles. The maximum absolute atomic E-state index is 6.21. The fraction of sp³-hybridized carbons (Fsp3) is 0.348. The van der Waals surface area contributed by atoms with E-state index in [2.05, 4.69) is 39.8 Å². The number of benzene rings is 2. The van der Waals surface area contributed by atoms with Gasteiger partial charge < -0.3 is 15.4 Å². The Bertz CT molecular complexity index is 1030. The van der Waals surface area contributed by atoms with Gasteiger partial charge in [0.2, 0.25) is 0 Å². The Morgan fingerprint density at radius 1 is 1.19 bits per heavy atom. The maximum Gasteiger partial charge on any atom is 0.191 e. The lowest BCUT2D eigenvalue weighted by atomic mass is 10.1. The molecule has 162 valence electrons. The predicted octanol–water partition coefficient (Wildman–Crippen LogP) is 3.58. The standard InChI is InChI=1S/C23H27ClN6O/c1-2-25-23(29-19-11-12-22-27-16-28-30(22)14-19)26-13-17-7-3-4-8-18(17)15-31-21-10-6-5-9-20(21)24/h3-10,16,19H,2,11-15H2,1H3,(H2,25,26,29). The van der Waals surface area contributed by atoms with E-state index in [1.165, 1.54) is 0 Å². The van der Waals surface area contributed by atoms with Gasteiger partial charge in [0, 0.05) is 19.0 Å². The number of aromatic nitrogens is 3. The molecule has 2 aromatic carbocycles. The largest absolute Gasteiger partial charge is 0.487 e. The number of para-hydroxylation sites is 1. The summed E-state index contributed by atoms with van der Waals surface area (Å²) < 4.78 is 7.90. The Labute approximate surface area is 187 Å². The van der Waals surface area contributed by atoms with Crippen LogP contribution in [0.15, 0.2) is 59.9 Å². The van der Waals surface area contributed by atoms with Gasteiger partial charge in [-0.25, -0.2) is 14.7 Å². The number of fused-ring (bicyclic) bond motifs is 1. The molecule has 0 saturated carbocycles. The minimum atomic E-state index is 0.269. The second-order valence-electron chi connectivity index (χ2n) is 7.42. The van der Waals surface area contributed by atoms with Gasteiger partial charge in [0.05, 0.1) is 18.1 Å². The van der Waals surface area contributed by atoms with Crippen molar-refractivity contribution in [2.45, 2.75) is 45.5 Å². The number of ether oxygens (including phenoxy) is 1. The number of aliphatic imine (C=N–C) groups is 1. The minimum absolute atomic E-state index is 0.269. The third-order valence-corrected chi connectivity index (χ3v) is 5.55. The summed E-state index contributed by atoms with van der Waals surface area (Å²) in [5.41, 5.74) is 2.21. The van der Waals surface area contributed by atoms with Gasteiger partial charge in [0.15, 0.2) is 5.96 Å². The minimum Gasteiger partial charge on any atom is -0.487 e. The van der Waals surface area contributed by atoms with E-state index < -0.39 is 0 Å². The molecule has 2 N–H and O–H groups in total. The molecule has 0 saturated heterocycles. The number of hydrogen-bond acceptors (Lipinski definition) is 4. The Balaban J connectivity index is 1.41. The fourth-order valence-corrected chi connectivity index (χ4v) is 3.79. The van der Waals surface area contributed by atoms with Gasteiger partial charge in [-0.15, -0.1) is 0 Å². The molecular weight excluding hydrogens is 412 g/mol. The summed E-state index contributed by atoms with van der Waals surface area (Å²) in [5.74, 6) is 2.53. The van der Waals surface area contributed by atoms with Gasteiger partial charge in [0.25, 0.3) is 0 Å². The van der Waals surface area contributed by atoms with Gasteiger partial charge in [-0.05, 0) is 36.6 Å². The van der Waals surface area contributed by atoms with Crippen molar-refractivity contribution < 1.29 is 4.74 Å². The number of aryl methyl sites for hydroxylation is 1. The molecule has 1 aliphatic heterocycles. The van der Waals surface area contributed by atoms with Gasteiger partial charge in [0.1, 0.15) is 24.5 Å². The van der Waals surface area contributed by atoms with Crippen LogP contribution in [0.4, 0.5) is 0 Å². The van der Waals surface area contributed by atoms with E-state index >= 15 is 0 Å². The van der Waals surface area contributed by atoms with E-state index in [1.54, 1.807) is 6.33 Å². The monoisotopic (exact) mass is 438 g/mol. The van der Waals surface area contributed by atoms with Crippen molar-refractivity contribution in [2.75, 3.05) is 6.54 Å². The van der Waals surface area contributed by atoms with E-state index in [0.717, 1.165) is 48.8 Å². The highest BCUT2D eigenvalue weighted by Gasteiger charge is 2.20. The highest BCUT2D eigenvalue weighted by molar-refractivity contribution is 6.32. The SMILES string of the molecule is CCNC(=NCc1ccccc1COc1ccccc1Cl)NC1CCc2ncnn2C1. The first-order valence-corrected chi connectivity index (χ1v) is 11.0. The molecule has 0 amide bonds. The number of nitrogens with zero attached hydrogens (tertiary/aromatic N) is 4. The molecular formula is C23H27ClN6O. The number of guanidine groups is 1. The first-order chi connectivity index (χ1) is 15.2. The number of hydrogen-bond donors (Lipinski definition) is 2. The summed E-state index contributed by atoms with van der Waals surface area (Å²) in [5, 5.41) is 11.8. The highest BCUT2D eigenvalue weighted by atomic mass is 35.5. The smallest absolute Gasteiger partial charge is 0.191 e. The predicted molar refractivity (Wildman–Crippen MR) is 122 cm³/mol. The summed E-state index contributed by atoms with van der Waals surface area (Å²) in [6, 6.07) is 16.0. The lowest BCUT2D eigenvalue weighted by molar-refractivity contribution is 0.305. The van der Waals surface area contributed by atoms with E-state index in [0.29, 0.717) is 23.9 Å². The molecule has 31 heavy (non-hydrogen) atoms. The lowest BCUT2D eigenvalue weighted by Crippen LogP contribution is -2.47. The van der Waals surface area contributed by atoms with Crippen LogP contribution in [0.25, 0.3) is 0 Å². The zero-order valence-corrected chi connectivity index (χ0v) is 18.3. The van der Waals surface area contributed by atoms with Crippen LogP contribution in [0.5, 0.6) is 5.75 Å². The average Bonchev–Trinajstić information content (AvgIpc) is 3.25. The zero-order valence-electron chi connectivity index (χ0n) is 17.6. The quantitative estimate of drug-likeness (QED) is 0.435. The first kappa shape index (κ1) is 21.2. The van der Waals surface area contributed by atoms with Crippen molar-refractivity contribution in [3.8, 4) is 5.75 Å². The second-order valence-corrected chi connectivity index (χ2v) is 7.83. The van der Waals surface area contributed by atoms with Gasteiger partial charge >= 0.3 is 0 Å². The number of halogens is 1. The Morgan fingerprint density at radius 3 is 2.84 bits per heavy atom. The normalized spacial score (nSPS) is 15.9. The molecule has 1 atom stereocenters.